The van der Waals surface area contributed by atoms with Crippen molar-refractivity contribution in [3.05, 3.63) is 52.0 Å². The number of hydrogen-bond acceptors (Lipinski definition) is 5. The lowest BCUT2D eigenvalue weighted by Gasteiger charge is -2.11. The van der Waals surface area contributed by atoms with Crippen LogP contribution < -0.4 is 14.2 Å². The highest BCUT2D eigenvalue weighted by Gasteiger charge is 2.22. The number of halogens is 2. The molecule has 9 heteroatoms. The zero-order valence-electron chi connectivity index (χ0n) is 12.7. The number of hydrogen-bond donors (Lipinski definition) is 1. The van der Waals surface area contributed by atoms with Gasteiger partial charge in [0.05, 0.1) is 19.2 Å². The predicted molar refractivity (Wildman–Crippen MR) is 90.7 cm³/mol. The van der Waals surface area contributed by atoms with E-state index in [1.807, 2.05) is 4.72 Å². The molecule has 2 aromatic carbocycles. The Labute approximate surface area is 149 Å². The SMILES string of the molecule is COc1ccc(C(=O)NS(=O)(=O)c2cc(Cl)ccc2Cl)cc1OC. The highest BCUT2D eigenvalue weighted by Crippen LogP contribution is 2.28. The van der Waals surface area contributed by atoms with Crippen molar-refractivity contribution >= 4 is 39.1 Å². The summed E-state index contributed by atoms with van der Waals surface area (Å²) in [7, 11) is -1.33. The molecular weight excluding hydrogens is 377 g/mol. The fraction of sp³-hybridized carbons (Fsp3) is 0.133. The summed E-state index contributed by atoms with van der Waals surface area (Å²) in [6, 6.07) is 8.20. The Morgan fingerprint density at radius 3 is 2.29 bits per heavy atom. The molecule has 0 spiro atoms. The van der Waals surface area contributed by atoms with Crippen LogP contribution in [0.1, 0.15) is 10.4 Å². The lowest BCUT2D eigenvalue weighted by atomic mass is 10.2. The van der Waals surface area contributed by atoms with Gasteiger partial charge in [0.2, 0.25) is 0 Å². The molecule has 0 atom stereocenters. The molecule has 0 radical (unpaired) electrons. The number of nitrogens with one attached hydrogen (secondary N) is 1. The molecule has 2 rings (SSSR count). The summed E-state index contributed by atoms with van der Waals surface area (Å²) >= 11 is 11.7. The predicted octanol–water partition coefficient (Wildman–Crippen LogP) is 3.13. The van der Waals surface area contributed by atoms with Gasteiger partial charge >= 0.3 is 0 Å². The smallest absolute Gasteiger partial charge is 0.265 e. The first-order valence-electron chi connectivity index (χ1n) is 6.52. The maximum absolute atomic E-state index is 12.3. The molecule has 0 saturated heterocycles. The molecule has 0 bridgehead atoms. The Hall–Kier alpha value is -1.96. The Morgan fingerprint density at radius 1 is 1.00 bits per heavy atom. The van der Waals surface area contributed by atoms with Crippen LogP contribution in [0.3, 0.4) is 0 Å². The van der Waals surface area contributed by atoms with Crippen molar-refractivity contribution in [1.29, 1.82) is 0 Å². The number of benzene rings is 2. The van der Waals surface area contributed by atoms with Crippen molar-refractivity contribution in [3.8, 4) is 11.5 Å². The molecule has 0 heterocycles. The average Bonchev–Trinajstić information content (AvgIpc) is 2.55. The first-order valence-corrected chi connectivity index (χ1v) is 8.76. The van der Waals surface area contributed by atoms with Gasteiger partial charge in [0.1, 0.15) is 4.90 Å². The van der Waals surface area contributed by atoms with Gasteiger partial charge in [-0.25, -0.2) is 13.1 Å². The summed E-state index contributed by atoms with van der Waals surface area (Å²) in [6.07, 6.45) is 0. The van der Waals surface area contributed by atoms with E-state index in [0.717, 1.165) is 6.07 Å². The van der Waals surface area contributed by atoms with Crippen LogP contribution in [0, 0.1) is 0 Å². The number of sulfonamides is 1. The molecule has 0 aromatic heterocycles. The van der Waals surface area contributed by atoms with Gasteiger partial charge < -0.3 is 9.47 Å². The van der Waals surface area contributed by atoms with Crippen molar-refractivity contribution in [3.63, 3.8) is 0 Å². The number of amides is 1. The molecular formula is C15H13Cl2NO5S. The van der Waals surface area contributed by atoms with E-state index in [1.165, 1.54) is 44.6 Å². The van der Waals surface area contributed by atoms with Crippen LogP contribution in [-0.4, -0.2) is 28.5 Å². The summed E-state index contributed by atoms with van der Waals surface area (Å²) in [4.78, 5) is 11.9. The zero-order chi connectivity index (χ0) is 17.9. The minimum atomic E-state index is -4.18. The minimum absolute atomic E-state index is 0.0491. The summed E-state index contributed by atoms with van der Waals surface area (Å²) in [5.41, 5.74) is 0.0781. The molecule has 2 aromatic rings. The summed E-state index contributed by atoms with van der Waals surface area (Å²) in [5.74, 6) is -0.134. The Balaban J connectivity index is 2.33. The average molecular weight is 390 g/mol. The van der Waals surface area contributed by atoms with Crippen LogP contribution >= 0.6 is 23.2 Å². The van der Waals surface area contributed by atoms with E-state index >= 15 is 0 Å². The molecule has 128 valence electrons. The van der Waals surface area contributed by atoms with Crippen molar-refractivity contribution < 1.29 is 22.7 Å². The van der Waals surface area contributed by atoms with Crippen molar-refractivity contribution in [1.82, 2.24) is 4.72 Å². The molecule has 1 N–H and O–H groups in total. The lowest BCUT2D eigenvalue weighted by molar-refractivity contribution is 0.0981. The lowest BCUT2D eigenvalue weighted by Crippen LogP contribution is -2.30. The van der Waals surface area contributed by atoms with Crippen LogP contribution in [0.4, 0.5) is 0 Å². The van der Waals surface area contributed by atoms with Crippen LogP contribution in [0.5, 0.6) is 11.5 Å². The molecule has 6 nitrogen and oxygen atoms in total. The van der Waals surface area contributed by atoms with Crippen LogP contribution in [0.2, 0.25) is 10.0 Å². The molecule has 0 saturated carbocycles. The van der Waals surface area contributed by atoms with Gasteiger partial charge in [-0.3, -0.25) is 4.79 Å². The number of methoxy groups -OCH3 is 2. The molecule has 24 heavy (non-hydrogen) atoms. The minimum Gasteiger partial charge on any atom is -0.493 e. The van der Waals surface area contributed by atoms with Crippen LogP contribution in [0.15, 0.2) is 41.3 Å². The van der Waals surface area contributed by atoms with E-state index in [0.29, 0.717) is 11.5 Å². The maximum atomic E-state index is 12.3. The van der Waals surface area contributed by atoms with Gasteiger partial charge in [-0.1, -0.05) is 23.2 Å². The number of carbonyl (C=O) groups excluding carboxylic acids is 1. The summed E-state index contributed by atoms with van der Waals surface area (Å²) in [5, 5.41) is 0.130. The first kappa shape index (κ1) is 18.4. The standard InChI is InChI=1S/C15H13Cl2NO5S/c1-22-12-6-3-9(7-13(12)23-2)15(19)18-24(20,21)14-8-10(16)4-5-11(14)17/h3-8H,1-2H3,(H,18,19). The molecule has 0 aliphatic rings. The first-order chi connectivity index (χ1) is 11.3. The van der Waals surface area contributed by atoms with Gasteiger partial charge in [-0.05, 0) is 36.4 Å². The fourth-order valence-electron chi connectivity index (χ4n) is 1.90. The third-order valence-corrected chi connectivity index (χ3v) is 5.10. The molecule has 0 aliphatic heterocycles. The van der Waals surface area contributed by atoms with Gasteiger partial charge in [-0.2, -0.15) is 0 Å². The highest BCUT2D eigenvalue weighted by molar-refractivity contribution is 7.90. The van der Waals surface area contributed by atoms with E-state index in [2.05, 4.69) is 0 Å². The Kier molecular flexibility index (Phi) is 5.58. The van der Waals surface area contributed by atoms with Gasteiger partial charge in [-0.15, -0.1) is 0 Å². The fourth-order valence-corrected chi connectivity index (χ4v) is 3.63. The van der Waals surface area contributed by atoms with E-state index in [9.17, 15) is 13.2 Å². The molecule has 0 fully saturated rings. The van der Waals surface area contributed by atoms with E-state index < -0.39 is 15.9 Å². The van der Waals surface area contributed by atoms with Crippen LogP contribution in [-0.2, 0) is 10.0 Å². The number of rotatable bonds is 5. The van der Waals surface area contributed by atoms with E-state index in [1.54, 1.807) is 0 Å². The Bertz CT molecular complexity index is 883. The molecule has 1 amide bonds. The summed E-state index contributed by atoms with van der Waals surface area (Å²) in [6.45, 7) is 0. The van der Waals surface area contributed by atoms with Gasteiger partial charge in [0, 0.05) is 10.6 Å². The van der Waals surface area contributed by atoms with Crippen molar-refractivity contribution in [2.45, 2.75) is 4.90 Å². The highest BCUT2D eigenvalue weighted by atomic mass is 35.5. The molecule has 0 unspecified atom stereocenters. The second-order valence-corrected chi connectivity index (χ2v) is 7.07. The third kappa shape index (κ3) is 3.92. The monoisotopic (exact) mass is 389 g/mol. The number of carbonyl (C=O) groups is 1. The van der Waals surface area contributed by atoms with Gasteiger partial charge in [0.25, 0.3) is 15.9 Å². The summed E-state index contributed by atoms with van der Waals surface area (Å²) < 4.78 is 36.8. The molecule has 0 aliphatic carbocycles. The van der Waals surface area contributed by atoms with Crippen LogP contribution in [0.25, 0.3) is 0 Å². The van der Waals surface area contributed by atoms with Gasteiger partial charge in [0.15, 0.2) is 11.5 Å². The Morgan fingerprint density at radius 2 is 1.67 bits per heavy atom. The second-order valence-electron chi connectivity index (χ2n) is 4.58. The van der Waals surface area contributed by atoms with Crippen molar-refractivity contribution in [2.75, 3.05) is 14.2 Å². The zero-order valence-corrected chi connectivity index (χ0v) is 15.0. The second kappa shape index (κ2) is 7.29. The topological polar surface area (TPSA) is 81.7 Å². The normalized spacial score (nSPS) is 11.0. The van der Waals surface area contributed by atoms with E-state index in [-0.39, 0.29) is 20.5 Å². The number of ether oxygens (including phenoxy) is 2. The third-order valence-electron chi connectivity index (χ3n) is 3.06. The van der Waals surface area contributed by atoms with E-state index in [4.69, 9.17) is 32.7 Å². The maximum Gasteiger partial charge on any atom is 0.265 e. The van der Waals surface area contributed by atoms with Crippen molar-refractivity contribution in [2.24, 2.45) is 0 Å². The largest absolute Gasteiger partial charge is 0.493 e. The quantitative estimate of drug-likeness (QED) is 0.849.